The van der Waals surface area contributed by atoms with Crippen LogP contribution in [0.25, 0.3) is 0 Å². The van der Waals surface area contributed by atoms with Crippen LogP contribution in [-0.4, -0.2) is 154 Å². The lowest BCUT2D eigenvalue weighted by atomic mass is 9.94. The molecule has 3 rings (SSSR count). The average Bonchev–Trinajstić information content (AvgIpc) is 2.90. The van der Waals surface area contributed by atoms with Gasteiger partial charge < -0.3 is 75.4 Å². The summed E-state index contributed by atoms with van der Waals surface area (Å²) in [6.07, 6.45) is -20.0. The summed E-state index contributed by atoms with van der Waals surface area (Å²) in [4.78, 5) is 35.6. The molecule has 0 aromatic carbocycles. The smallest absolute Gasteiger partial charge is 0.249 e. The number of methoxy groups -OCH3 is 1. The van der Waals surface area contributed by atoms with Crippen LogP contribution in [0.1, 0.15) is 20.8 Å². The molecule has 10 N–H and O–H groups in total. The first-order chi connectivity index (χ1) is 19.2. The summed E-state index contributed by atoms with van der Waals surface area (Å²) in [7, 11) is 1.24. The first-order valence-electron chi connectivity index (χ1n) is 12.9. The van der Waals surface area contributed by atoms with Gasteiger partial charge in [0.05, 0.1) is 12.7 Å². The highest BCUT2D eigenvalue weighted by atomic mass is 16.8. The van der Waals surface area contributed by atoms with E-state index >= 15 is 0 Å². The third kappa shape index (κ3) is 7.29. The Morgan fingerprint density at radius 1 is 0.756 bits per heavy atom. The van der Waals surface area contributed by atoms with E-state index in [9.17, 15) is 45.0 Å². The zero-order valence-corrected chi connectivity index (χ0v) is 22.8. The lowest BCUT2D eigenvalue weighted by molar-refractivity contribution is -0.371. The quantitative estimate of drug-likeness (QED) is 0.120. The third-order valence-corrected chi connectivity index (χ3v) is 7.08. The Kier molecular flexibility index (Phi) is 11.4. The van der Waals surface area contributed by atoms with E-state index in [4.69, 9.17) is 34.2 Å². The molecule has 3 amide bonds. The molecule has 18 heteroatoms. The van der Waals surface area contributed by atoms with Crippen molar-refractivity contribution in [3.63, 3.8) is 0 Å². The summed E-state index contributed by atoms with van der Waals surface area (Å²) < 4.78 is 34.2. The van der Waals surface area contributed by atoms with Gasteiger partial charge in [0, 0.05) is 21.0 Å². The molecule has 3 saturated heterocycles. The van der Waals surface area contributed by atoms with Gasteiger partial charge in [0.1, 0.15) is 60.9 Å². The van der Waals surface area contributed by atoms with Gasteiger partial charge in [0.15, 0.2) is 25.0 Å². The molecule has 3 heterocycles. The maximum Gasteiger partial charge on any atom is 0.249 e. The van der Waals surface area contributed by atoms with E-state index in [2.05, 4.69) is 10.6 Å². The maximum atomic E-state index is 11.9. The molecule has 0 aromatic heterocycles. The number of hydrogen-bond donors (Lipinski definition) is 9. The SMILES string of the molecule is CO[C@@H]1O[C@@H](C)[C@H](O)[C@@H](O[C@@H]2O[C@H](CO)[C@@H](O)[C@H](O)[C@H]2NC(C)=O)[C@H]1O[C@@H]1O[C@H](C(N)=O)[C@H](O)[C@H](O)[C@H]1NC(C)=O. The van der Waals surface area contributed by atoms with Crippen LogP contribution in [0.4, 0.5) is 0 Å². The van der Waals surface area contributed by atoms with Gasteiger partial charge in [-0.15, -0.1) is 0 Å². The highest BCUT2D eigenvalue weighted by Gasteiger charge is 2.55. The largest absolute Gasteiger partial charge is 0.394 e. The van der Waals surface area contributed by atoms with Crippen LogP contribution in [-0.2, 0) is 42.8 Å². The van der Waals surface area contributed by atoms with Crippen LogP contribution in [0.5, 0.6) is 0 Å². The summed E-state index contributed by atoms with van der Waals surface area (Å²) in [5.74, 6) is -2.42. The predicted molar refractivity (Wildman–Crippen MR) is 130 cm³/mol. The Hall–Kier alpha value is -2.07. The predicted octanol–water partition coefficient (Wildman–Crippen LogP) is -6.11. The van der Waals surface area contributed by atoms with E-state index in [1.54, 1.807) is 0 Å². The number of ether oxygens (including phenoxy) is 6. The number of aliphatic hydroxyl groups is 6. The van der Waals surface area contributed by atoms with Crippen LogP contribution in [0.3, 0.4) is 0 Å². The zero-order chi connectivity index (χ0) is 30.8. The molecule has 236 valence electrons. The van der Waals surface area contributed by atoms with E-state index in [1.807, 2.05) is 0 Å². The van der Waals surface area contributed by atoms with Gasteiger partial charge in [-0.3, -0.25) is 14.4 Å². The molecular formula is C23H39N3O15. The molecule has 0 bridgehead atoms. The van der Waals surface area contributed by atoms with E-state index in [1.165, 1.54) is 14.0 Å². The molecule has 0 saturated carbocycles. The Bertz CT molecular complexity index is 929. The average molecular weight is 598 g/mol. The van der Waals surface area contributed by atoms with Gasteiger partial charge in [-0.05, 0) is 6.92 Å². The minimum absolute atomic E-state index is 0.622. The molecule has 18 nitrogen and oxygen atoms in total. The second kappa shape index (κ2) is 13.9. The van der Waals surface area contributed by atoms with Crippen LogP contribution in [0.15, 0.2) is 0 Å². The number of nitrogens with two attached hydrogens (primary N) is 1. The van der Waals surface area contributed by atoms with Crippen molar-refractivity contribution >= 4 is 17.7 Å². The number of aliphatic hydroxyl groups excluding tert-OH is 6. The highest BCUT2D eigenvalue weighted by Crippen LogP contribution is 2.33. The molecule has 0 aromatic rings. The normalized spacial score (nSPS) is 45.1. The molecule has 3 aliphatic rings. The number of primary amides is 1. The van der Waals surface area contributed by atoms with Crippen molar-refractivity contribution in [1.29, 1.82) is 0 Å². The molecular weight excluding hydrogens is 558 g/mol. The Labute approximate surface area is 234 Å². The van der Waals surface area contributed by atoms with Crippen molar-refractivity contribution in [2.24, 2.45) is 5.73 Å². The summed E-state index contributed by atoms with van der Waals surface area (Å²) in [5.41, 5.74) is 5.30. The summed E-state index contributed by atoms with van der Waals surface area (Å²) in [6.45, 7) is 3.01. The first kappa shape index (κ1) is 33.4. The van der Waals surface area contributed by atoms with Crippen LogP contribution >= 0.6 is 0 Å². The fraction of sp³-hybridized carbons (Fsp3) is 0.870. The number of hydrogen-bond acceptors (Lipinski definition) is 15. The second-order valence-corrected chi connectivity index (χ2v) is 10.1. The van der Waals surface area contributed by atoms with Gasteiger partial charge in [0.2, 0.25) is 17.7 Å². The van der Waals surface area contributed by atoms with Crippen molar-refractivity contribution in [3.05, 3.63) is 0 Å². The lowest BCUT2D eigenvalue weighted by Gasteiger charge is -2.49. The van der Waals surface area contributed by atoms with Gasteiger partial charge in [-0.1, -0.05) is 0 Å². The van der Waals surface area contributed by atoms with Crippen molar-refractivity contribution in [2.75, 3.05) is 13.7 Å². The van der Waals surface area contributed by atoms with E-state index in [-0.39, 0.29) is 0 Å². The highest BCUT2D eigenvalue weighted by molar-refractivity contribution is 5.80. The second-order valence-electron chi connectivity index (χ2n) is 10.1. The van der Waals surface area contributed by atoms with E-state index in [0.717, 1.165) is 13.8 Å². The molecule has 0 spiro atoms. The fourth-order valence-corrected chi connectivity index (χ4v) is 4.97. The summed E-state index contributed by atoms with van der Waals surface area (Å²) in [5, 5.41) is 67.5. The topological polar surface area (TPSA) is 278 Å². The Balaban J connectivity index is 1.97. The zero-order valence-electron chi connectivity index (χ0n) is 22.8. The molecule has 0 unspecified atom stereocenters. The number of amides is 3. The van der Waals surface area contributed by atoms with E-state index in [0.29, 0.717) is 0 Å². The Morgan fingerprint density at radius 3 is 1.76 bits per heavy atom. The number of nitrogens with one attached hydrogen (secondary N) is 2. The number of rotatable bonds is 9. The van der Waals surface area contributed by atoms with E-state index < -0.39 is 116 Å². The van der Waals surface area contributed by atoms with Crippen molar-refractivity contribution in [1.82, 2.24) is 10.6 Å². The molecule has 3 aliphatic heterocycles. The Morgan fingerprint density at radius 2 is 1.27 bits per heavy atom. The maximum absolute atomic E-state index is 11.9. The number of carbonyl (C=O) groups is 3. The molecule has 0 aliphatic carbocycles. The minimum atomic E-state index is -1.83. The van der Waals surface area contributed by atoms with Crippen molar-refractivity contribution < 1.29 is 73.4 Å². The van der Waals surface area contributed by atoms with Gasteiger partial charge in [-0.25, -0.2) is 0 Å². The van der Waals surface area contributed by atoms with Crippen LogP contribution in [0.2, 0.25) is 0 Å². The summed E-state index contributed by atoms with van der Waals surface area (Å²) in [6, 6.07) is -2.84. The molecule has 0 radical (unpaired) electrons. The lowest BCUT2D eigenvalue weighted by Crippen LogP contribution is -2.70. The van der Waals surface area contributed by atoms with Crippen molar-refractivity contribution in [2.45, 2.75) is 113 Å². The van der Waals surface area contributed by atoms with Crippen LogP contribution in [0, 0.1) is 0 Å². The standard InChI is InChI=1S/C23H39N3O15/c1-6-12(30)17(39-21-10(25-7(2)28)14(32)13(31)9(5-27)38-21)19(23(36-4)37-6)41-22-11(26-8(3)29)15(33)16(34)18(40-22)20(24)35/h6,9-19,21-23,27,30-34H,5H2,1-4H3,(H2,24,35)(H,25,28)(H,26,29)/t6-,9+,10+,11+,12-,13+,14+,15+,16+,17+,18-,19+,21-,22-,23+/m0/s1. The summed E-state index contributed by atoms with van der Waals surface area (Å²) >= 11 is 0. The van der Waals surface area contributed by atoms with Gasteiger partial charge in [0.25, 0.3) is 0 Å². The molecule has 3 fully saturated rings. The molecule has 15 atom stereocenters. The number of carbonyl (C=O) groups excluding carboxylic acids is 3. The fourth-order valence-electron chi connectivity index (χ4n) is 4.97. The van der Waals surface area contributed by atoms with Gasteiger partial charge >= 0.3 is 0 Å². The third-order valence-electron chi connectivity index (χ3n) is 7.08. The van der Waals surface area contributed by atoms with Crippen molar-refractivity contribution in [3.8, 4) is 0 Å². The minimum Gasteiger partial charge on any atom is -0.394 e. The van der Waals surface area contributed by atoms with Crippen LogP contribution < -0.4 is 16.4 Å². The molecule has 41 heavy (non-hydrogen) atoms. The van der Waals surface area contributed by atoms with Gasteiger partial charge in [-0.2, -0.15) is 0 Å². The first-order valence-corrected chi connectivity index (χ1v) is 12.9. The monoisotopic (exact) mass is 597 g/mol.